The van der Waals surface area contributed by atoms with Crippen molar-refractivity contribution in [3.8, 4) is 5.75 Å². The molecule has 0 atom stereocenters. The molecule has 3 N–H and O–H groups in total. The zero-order chi connectivity index (χ0) is 13.5. The summed E-state index contributed by atoms with van der Waals surface area (Å²) in [6, 6.07) is 5.91. The van der Waals surface area contributed by atoms with Gasteiger partial charge in [-0.2, -0.15) is 0 Å². The number of rotatable bonds is 7. The average molecular weight is 260 g/mol. The summed E-state index contributed by atoms with van der Waals surface area (Å²) in [6.45, 7) is 3.77. The third-order valence-corrected chi connectivity index (χ3v) is 3.39. The summed E-state index contributed by atoms with van der Waals surface area (Å²) in [6.07, 6.45) is 8.36. The molecule has 1 aromatic carbocycles. The van der Waals surface area contributed by atoms with Gasteiger partial charge in [0.25, 0.3) is 0 Å². The van der Waals surface area contributed by atoms with Crippen LogP contribution in [0.1, 0.15) is 39.0 Å². The van der Waals surface area contributed by atoms with Crippen LogP contribution in [0.3, 0.4) is 0 Å². The Hall–Kier alpha value is -1.64. The maximum atomic E-state index is 5.90. The number of benzene rings is 1. The molecule has 0 unspecified atom stereocenters. The van der Waals surface area contributed by atoms with E-state index in [0.717, 1.165) is 30.8 Å². The number of nitrogen functional groups attached to an aromatic ring is 1. The fourth-order valence-electron chi connectivity index (χ4n) is 2.31. The van der Waals surface area contributed by atoms with Crippen LogP contribution >= 0.6 is 0 Å². The Morgan fingerprint density at radius 1 is 1.37 bits per heavy atom. The van der Waals surface area contributed by atoms with E-state index in [0.29, 0.717) is 12.3 Å². The predicted octanol–water partition coefficient (Wildman–Crippen LogP) is 3.97. The first-order chi connectivity index (χ1) is 9.29. The molecule has 0 spiro atoms. The van der Waals surface area contributed by atoms with Gasteiger partial charge in [-0.3, -0.25) is 0 Å². The molecule has 3 nitrogen and oxygen atoms in total. The molecule has 104 valence electrons. The number of allylic oxidation sites excluding steroid dienone is 1. The molecule has 0 saturated heterocycles. The summed E-state index contributed by atoms with van der Waals surface area (Å²) >= 11 is 0. The van der Waals surface area contributed by atoms with Gasteiger partial charge in [0.05, 0.1) is 12.3 Å². The van der Waals surface area contributed by atoms with Crippen molar-refractivity contribution in [2.75, 3.05) is 24.2 Å². The Morgan fingerprint density at radius 3 is 3.00 bits per heavy atom. The summed E-state index contributed by atoms with van der Waals surface area (Å²) in [5, 5.41) is 3.44. The highest BCUT2D eigenvalue weighted by atomic mass is 16.5. The number of hydrogen-bond donors (Lipinski definition) is 2. The minimum Gasteiger partial charge on any atom is -0.491 e. The van der Waals surface area contributed by atoms with Crippen molar-refractivity contribution in [2.24, 2.45) is 0 Å². The molecule has 0 bridgehead atoms. The summed E-state index contributed by atoms with van der Waals surface area (Å²) in [4.78, 5) is 0. The maximum absolute atomic E-state index is 5.90. The van der Waals surface area contributed by atoms with Crippen LogP contribution in [-0.4, -0.2) is 13.2 Å². The maximum Gasteiger partial charge on any atom is 0.144 e. The van der Waals surface area contributed by atoms with Crippen LogP contribution in [0, 0.1) is 0 Å². The monoisotopic (exact) mass is 260 g/mol. The molecule has 19 heavy (non-hydrogen) atoms. The van der Waals surface area contributed by atoms with E-state index >= 15 is 0 Å². The largest absolute Gasteiger partial charge is 0.491 e. The van der Waals surface area contributed by atoms with E-state index in [1.165, 1.54) is 19.3 Å². The van der Waals surface area contributed by atoms with Crippen molar-refractivity contribution in [2.45, 2.75) is 39.0 Å². The predicted molar refractivity (Wildman–Crippen MR) is 81.7 cm³/mol. The summed E-state index contributed by atoms with van der Waals surface area (Å²) in [5.41, 5.74) is 9.27. The molecule has 1 aliphatic carbocycles. The van der Waals surface area contributed by atoms with Gasteiger partial charge in [-0.05, 0) is 44.2 Å². The van der Waals surface area contributed by atoms with Gasteiger partial charge in [0.1, 0.15) is 5.75 Å². The van der Waals surface area contributed by atoms with Crippen LogP contribution in [0.15, 0.2) is 29.8 Å². The normalized spacial score (nSPS) is 14.3. The third kappa shape index (κ3) is 4.19. The molecule has 1 aromatic rings. The second-order valence-electron chi connectivity index (χ2n) is 5.03. The molecular weight excluding hydrogens is 236 g/mol. The van der Waals surface area contributed by atoms with Crippen molar-refractivity contribution in [1.82, 2.24) is 0 Å². The second-order valence-corrected chi connectivity index (χ2v) is 5.03. The average Bonchev–Trinajstić information content (AvgIpc) is 2.92. The van der Waals surface area contributed by atoms with E-state index in [1.807, 2.05) is 18.2 Å². The SMILES string of the molecule is CCCOc1cc(NCCC2=CCCC2)ccc1N. The molecule has 0 radical (unpaired) electrons. The van der Waals surface area contributed by atoms with Gasteiger partial charge in [0.2, 0.25) is 0 Å². The van der Waals surface area contributed by atoms with E-state index in [9.17, 15) is 0 Å². The lowest BCUT2D eigenvalue weighted by Crippen LogP contribution is -2.04. The highest BCUT2D eigenvalue weighted by molar-refractivity contribution is 5.61. The van der Waals surface area contributed by atoms with E-state index < -0.39 is 0 Å². The summed E-state index contributed by atoms with van der Waals surface area (Å²) in [5.74, 6) is 0.784. The Labute approximate surface area is 115 Å². The molecule has 0 aliphatic heterocycles. The van der Waals surface area contributed by atoms with Gasteiger partial charge in [0.15, 0.2) is 0 Å². The van der Waals surface area contributed by atoms with E-state index in [4.69, 9.17) is 10.5 Å². The number of nitrogens with one attached hydrogen (secondary N) is 1. The Morgan fingerprint density at radius 2 is 2.26 bits per heavy atom. The second kappa shape index (κ2) is 7.07. The first-order valence-corrected chi connectivity index (χ1v) is 7.23. The van der Waals surface area contributed by atoms with Crippen LogP contribution in [-0.2, 0) is 0 Å². The van der Waals surface area contributed by atoms with Gasteiger partial charge in [-0.1, -0.05) is 18.6 Å². The highest BCUT2D eigenvalue weighted by Gasteiger charge is 2.05. The lowest BCUT2D eigenvalue weighted by atomic mass is 10.1. The fourth-order valence-corrected chi connectivity index (χ4v) is 2.31. The molecule has 0 fully saturated rings. The minimum atomic E-state index is 0.706. The molecule has 3 heteroatoms. The Bertz CT molecular complexity index is 440. The first kappa shape index (κ1) is 13.8. The molecular formula is C16H24N2O. The number of ether oxygens (including phenoxy) is 1. The molecule has 0 heterocycles. The van der Waals surface area contributed by atoms with Gasteiger partial charge in [0, 0.05) is 18.3 Å². The lowest BCUT2D eigenvalue weighted by Gasteiger charge is -2.12. The van der Waals surface area contributed by atoms with Crippen LogP contribution in [0.5, 0.6) is 5.75 Å². The van der Waals surface area contributed by atoms with Crippen molar-refractivity contribution < 1.29 is 4.74 Å². The van der Waals surface area contributed by atoms with Crippen LogP contribution < -0.4 is 15.8 Å². The molecule has 0 aromatic heterocycles. The van der Waals surface area contributed by atoms with Gasteiger partial charge < -0.3 is 15.8 Å². The van der Waals surface area contributed by atoms with Gasteiger partial charge in [-0.25, -0.2) is 0 Å². The number of nitrogens with two attached hydrogens (primary N) is 1. The first-order valence-electron chi connectivity index (χ1n) is 7.23. The molecule has 0 saturated carbocycles. The smallest absolute Gasteiger partial charge is 0.144 e. The number of hydrogen-bond acceptors (Lipinski definition) is 3. The quantitative estimate of drug-likeness (QED) is 0.576. The molecule has 2 rings (SSSR count). The van der Waals surface area contributed by atoms with Crippen molar-refractivity contribution >= 4 is 11.4 Å². The van der Waals surface area contributed by atoms with Crippen LogP contribution in [0.4, 0.5) is 11.4 Å². The fraction of sp³-hybridized carbons (Fsp3) is 0.500. The highest BCUT2D eigenvalue weighted by Crippen LogP contribution is 2.26. The zero-order valence-electron chi connectivity index (χ0n) is 11.7. The van der Waals surface area contributed by atoms with Gasteiger partial charge in [-0.15, -0.1) is 0 Å². The standard InChI is InChI=1S/C16H24N2O/c1-2-11-19-16-12-14(7-8-15(16)17)18-10-9-13-5-3-4-6-13/h5,7-8,12,18H,2-4,6,9-11,17H2,1H3. The summed E-state index contributed by atoms with van der Waals surface area (Å²) in [7, 11) is 0. The van der Waals surface area contributed by atoms with E-state index in [-0.39, 0.29) is 0 Å². The topological polar surface area (TPSA) is 47.3 Å². The van der Waals surface area contributed by atoms with Gasteiger partial charge >= 0.3 is 0 Å². The van der Waals surface area contributed by atoms with Crippen LogP contribution in [0.2, 0.25) is 0 Å². The molecule has 1 aliphatic rings. The Kier molecular flexibility index (Phi) is 5.13. The van der Waals surface area contributed by atoms with E-state index in [2.05, 4.69) is 18.3 Å². The summed E-state index contributed by atoms with van der Waals surface area (Å²) < 4.78 is 5.63. The van der Waals surface area contributed by atoms with Crippen molar-refractivity contribution in [1.29, 1.82) is 0 Å². The number of anilines is 2. The van der Waals surface area contributed by atoms with Crippen LogP contribution in [0.25, 0.3) is 0 Å². The van der Waals surface area contributed by atoms with E-state index in [1.54, 1.807) is 5.57 Å². The Balaban J connectivity index is 1.85. The zero-order valence-corrected chi connectivity index (χ0v) is 11.7. The third-order valence-electron chi connectivity index (χ3n) is 3.39. The molecule has 0 amide bonds. The van der Waals surface area contributed by atoms with Crippen molar-refractivity contribution in [3.05, 3.63) is 29.8 Å². The lowest BCUT2D eigenvalue weighted by molar-refractivity contribution is 0.319. The minimum absolute atomic E-state index is 0.706. The van der Waals surface area contributed by atoms with Crippen molar-refractivity contribution in [3.63, 3.8) is 0 Å².